The Bertz CT molecular complexity index is 896. The molecule has 0 aliphatic carbocycles. The average molecular weight is 334 g/mol. The molecule has 0 spiro atoms. The lowest BCUT2D eigenvalue weighted by Crippen LogP contribution is -2.10. The Balaban J connectivity index is 2.10. The molecule has 3 rings (SSSR count). The van der Waals surface area contributed by atoms with Crippen LogP contribution < -0.4 is 0 Å². The topological polar surface area (TPSA) is 61.2 Å². The molecule has 0 N–H and O–H groups in total. The molecular formula is C20H18N2O3. The number of carbonyl (C=O) groups is 2. The van der Waals surface area contributed by atoms with Crippen molar-refractivity contribution in [2.75, 3.05) is 6.61 Å². The maximum atomic E-state index is 12.9. The zero-order chi connectivity index (χ0) is 17.8. The fraction of sp³-hybridized carbons (Fsp3) is 0.150. The molecule has 0 atom stereocenters. The normalized spacial score (nSPS) is 10.5. The summed E-state index contributed by atoms with van der Waals surface area (Å²) in [5, 5.41) is 4.30. The van der Waals surface area contributed by atoms with Gasteiger partial charge in [-0.25, -0.2) is 9.48 Å². The first-order valence-electron chi connectivity index (χ1n) is 8.04. The second kappa shape index (κ2) is 7.13. The van der Waals surface area contributed by atoms with Crippen LogP contribution in [0.3, 0.4) is 0 Å². The minimum atomic E-state index is -0.546. The third kappa shape index (κ3) is 3.50. The highest BCUT2D eigenvalue weighted by molar-refractivity contribution is 6.09. The predicted octanol–water partition coefficient (Wildman–Crippen LogP) is 3.59. The van der Waals surface area contributed by atoms with Crippen LogP contribution in [-0.4, -0.2) is 28.1 Å². The second-order valence-electron chi connectivity index (χ2n) is 5.58. The van der Waals surface area contributed by atoms with Gasteiger partial charge in [0.1, 0.15) is 5.69 Å². The zero-order valence-corrected chi connectivity index (χ0v) is 14.1. The van der Waals surface area contributed by atoms with Crippen LogP contribution in [0.1, 0.15) is 39.0 Å². The first-order valence-corrected chi connectivity index (χ1v) is 8.04. The molecule has 1 aromatic heterocycles. The molecule has 0 aliphatic heterocycles. The molecule has 5 heteroatoms. The number of benzene rings is 2. The largest absolute Gasteiger partial charge is 0.461 e. The summed E-state index contributed by atoms with van der Waals surface area (Å²) in [5.74, 6) is -0.750. The molecule has 0 aliphatic rings. The van der Waals surface area contributed by atoms with E-state index in [1.54, 1.807) is 31.2 Å². The summed E-state index contributed by atoms with van der Waals surface area (Å²) in [5.41, 5.74) is 2.77. The Hall–Kier alpha value is -3.21. The molecule has 3 aromatic rings. The molecule has 0 fully saturated rings. The van der Waals surface area contributed by atoms with Gasteiger partial charge in [0.15, 0.2) is 5.69 Å². The predicted molar refractivity (Wildman–Crippen MR) is 94.1 cm³/mol. The van der Waals surface area contributed by atoms with E-state index in [2.05, 4.69) is 5.10 Å². The van der Waals surface area contributed by atoms with E-state index in [4.69, 9.17) is 4.74 Å². The number of hydrogen-bond donors (Lipinski definition) is 0. The molecule has 126 valence electrons. The van der Waals surface area contributed by atoms with E-state index in [1.807, 2.05) is 37.3 Å². The van der Waals surface area contributed by atoms with Crippen molar-refractivity contribution in [2.24, 2.45) is 0 Å². The summed E-state index contributed by atoms with van der Waals surface area (Å²) in [6, 6.07) is 18.0. The third-order valence-electron chi connectivity index (χ3n) is 3.74. The van der Waals surface area contributed by atoms with Gasteiger partial charge in [-0.2, -0.15) is 5.10 Å². The Kier molecular flexibility index (Phi) is 4.75. The molecule has 5 nitrogen and oxygen atoms in total. The van der Waals surface area contributed by atoms with Gasteiger partial charge in [0.2, 0.25) is 5.78 Å². The number of ether oxygens (including phenoxy) is 1. The van der Waals surface area contributed by atoms with Crippen molar-refractivity contribution in [1.82, 2.24) is 9.78 Å². The molecule has 0 bridgehead atoms. The maximum Gasteiger partial charge on any atom is 0.358 e. The van der Waals surface area contributed by atoms with Gasteiger partial charge in [-0.1, -0.05) is 48.0 Å². The number of aryl methyl sites for hydroxylation is 1. The Morgan fingerprint density at radius 2 is 1.72 bits per heavy atom. The van der Waals surface area contributed by atoms with Gasteiger partial charge in [0.25, 0.3) is 0 Å². The first kappa shape index (κ1) is 16.6. The van der Waals surface area contributed by atoms with Crippen LogP contribution in [-0.2, 0) is 4.74 Å². The van der Waals surface area contributed by atoms with Crippen molar-refractivity contribution in [2.45, 2.75) is 13.8 Å². The standard InChI is InChI=1S/C20H18N2O3/c1-3-25-20(24)17-13-18(19(23)15-7-5-4-6-8-15)22(21-17)16-11-9-14(2)10-12-16/h4-13H,3H2,1-2H3. The van der Waals surface area contributed by atoms with Crippen LogP contribution in [0.15, 0.2) is 60.7 Å². The third-order valence-corrected chi connectivity index (χ3v) is 3.74. The lowest BCUT2D eigenvalue weighted by molar-refractivity contribution is 0.0519. The fourth-order valence-electron chi connectivity index (χ4n) is 2.47. The number of nitrogens with zero attached hydrogens (tertiary/aromatic N) is 2. The highest BCUT2D eigenvalue weighted by Gasteiger charge is 2.21. The Morgan fingerprint density at radius 1 is 1.04 bits per heavy atom. The van der Waals surface area contributed by atoms with Crippen LogP contribution in [0.2, 0.25) is 0 Å². The molecule has 25 heavy (non-hydrogen) atoms. The zero-order valence-electron chi connectivity index (χ0n) is 14.1. The van der Waals surface area contributed by atoms with Gasteiger partial charge in [-0.05, 0) is 26.0 Å². The molecule has 0 radical (unpaired) electrons. The van der Waals surface area contributed by atoms with Gasteiger partial charge in [-0.3, -0.25) is 4.79 Å². The summed E-state index contributed by atoms with van der Waals surface area (Å²) >= 11 is 0. The van der Waals surface area contributed by atoms with Crippen molar-refractivity contribution in [1.29, 1.82) is 0 Å². The van der Waals surface area contributed by atoms with Crippen molar-refractivity contribution >= 4 is 11.8 Å². The van der Waals surface area contributed by atoms with Crippen molar-refractivity contribution in [3.63, 3.8) is 0 Å². The molecule has 0 saturated carbocycles. The molecule has 0 saturated heterocycles. The monoisotopic (exact) mass is 334 g/mol. The summed E-state index contributed by atoms with van der Waals surface area (Å²) in [4.78, 5) is 24.9. The molecule has 0 amide bonds. The Labute approximate surface area is 145 Å². The van der Waals surface area contributed by atoms with Crippen LogP contribution in [0.25, 0.3) is 5.69 Å². The number of carbonyl (C=O) groups excluding carboxylic acids is 2. The van der Waals surface area contributed by atoms with Crippen molar-refractivity contribution < 1.29 is 14.3 Å². The second-order valence-corrected chi connectivity index (χ2v) is 5.58. The molecule has 2 aromatic carbocycles. The van der Waals surface area contributed by atoms with Crippen LogP contribution >= 0.6 is 0 Å². The van der Waals surface area contributed by atoms with Gasteiger partial charge >= 0.3 is 5.97 Å². The average Bonchev–Trinajstić information content (AvgIpc) is 3.08. The van der Waals surface area contributed by atoms with E-state index < -0.39 is 5.97 Å². The summed E-state index contributed by atoms with van der Waals surface area (Å²) in [6.07, 6.45) is 0. The summed E-state index contributed by atoms with van der Waals surface area (Å²) in [6.45, 7) is 3.95. The lowest BCUT2D eigenvalue weighted by atomic mass is 10.1. The van der Waals surface area contributed by atoms with Crippen LogP contribution in [0, 0.1) is 6.92 Å². The van der Waals surface area contributed by atoms with E-state index in [-0.39, 0.29) is 18.1 Å². The van der Waals surface area contributed by atoms with Gasteiger partial charge < -0.3 is 4.74 Å². The number of ketones is 1. The minimum Gasteiger partial charge on any atom is -0.461 e. The number of aromatic nitrogens is 2. The van der Waals surface area contributed by atoms with Gasteiger partial charge in [-0.15, -0.1) is 0 Å². The van der Waals surface area contributed by atoms with Crippen LogP contribution in [0.4, 0.5) is 0 Å². The number of hydrogen-bond acceptors (Lipinski definition) is 4. The van der Waals surface area contributed by atoms with Crippen molar-refractivity contribution in [3.05, 3.63) is 83.2 Å². The van der Waals surface area contributed by atoms with E-state index in [1.165, 1.54) is 10.7 Å². The van der Waals surface area contributed by atoms with E-state index in [0.717, 1.165) is 5.56 Å². The smallest absolute Gasteiger partial charge is 0.358 e. The molecule has 1 heterocycles. The van der Waals surface area contributed by atoms with E-state index in [9.17, 15) is 9.59 Å². The van der Waals surface area contributed by atoms with Gasteiger partial charge in [0, 0.05) is 11.6 Å². The highest BCUT2D eigenvalue weighted by Crippen LogP contribution is 2.18. The highest BCUT2D eigenvalue weighted by atomic mass is 16.5. The van der Waals surface area contributed by atoms with E-state index >= 15 is 0 Å². The lowest BCUT2D eigenvalue weighted by Gasteiger charge is -2.07. The number of esters is 1. The van der Waals surface area contributed by atoms with Gasteiger partial charge in [0.05, 0.1) is 12.3 Å². The van der Waals surface area contributed by atoms with Crippen LogP contribution in [0.5, 0.6) is 0 Å². The molecular weight excluding hydrogens is 316 g/mol. The SMILES string of the molecule is CCOC(=O)c1cc(C(=O)c2ccccc2)n(-c2ccc(C)cc2)n1. The van der Waals surface area contributed by atoms with Crippen molar-refractivity contribution in [3.8, 4) is 5.69 Å². The number of rotatable bonds is 5. The molecule has 0 unspecified atom stereocenters. The summed E-state index contributed by atoms with van der Waals surface area (Å²) in [7, 11) is 0. The van der Waals surface area contributed by atoms with E-state index in [0.29, 0.717) is 16.9 Å². The first-order chi connectivity index (χ1) is 12.1. The fourth-order valence-corrected chi connectivity index (χ4v) is 2.47. The quantitative estimate of drug-likeness (QED) is 0.528. The summed E-state index contributed by atoms with van der Waals surface area (Å²) < 4.78 is 6.50. The minimum absolute atomic E-state index is 0.113. The maximum absolute atomic E-state index is 12.9. The Morgan fingerprint density at radius 3 is 2.36 bits per heavy atom.